The number of pyridine rings is 1. The summed E-state index contributed by atoms with van der Waals surface area (Å²) in [6, 6.07) is 18.8. The van der Waals surface area contributed by atoms with Crippen molar-refractivity contribution in [2.45, 2.75) is 36.4 Å². The first-order valence-corrected chi connectivity index (χ1v) is 13.2. The lowest BCUT2D eigenvalue weighted by Crippen LogP contribution is -2.45. The molecular weight excluding hydrogens is 462 g/mol. The molecule has 2 bridgehead atoms. The second-order valence-electron chi connectivity index (χ2n) is 9.01. The van der Waals surface area contributed by atoms with Gasteiger partial charge in [0.1, 0.15) is 0 Å². The fraction of sp³-hybridized carbons (Fsp3) is 0.269. The summed E-state index contributed by atoms with van der Waals surface area (Å²) in [6.45, 7) is 0.817. The molecule has 4 heterocycles. The monoisotopic (exact) mass is 487 g/mol. The quantitative estimate of drug-likeness (QED) is 0.440. The highest BCUT2D eigenvalue weighted by atomic mass is 32.2. The zero-order chi connectivity index (χ0) is 23.8. The van der Waals surface area contributed by atoms with Crippen molar-refractivity contribution >= 4 is 32.3 Å². The Morgan fingerprint density at radius 1 is 0.914 bits per heavy atom. The average Bonchev–Trinajstić information content (AvgIpc) is 3.23. The average molecular weight is 488 g/mol. The summed E-state index contributed by atoms with van der Waals surface area (Å²) in [5.41, 5.74) is 2.62. The molecule has 178 valence electrons. The van der Waals surface area contributed by atoms with Gasteiger partial charge in [0.15, 0.2) is 5.82 Å². The van der Waals surface area contributed by atoms with Gasteiger partial charge < -0.3 is 10.1 Å². The molecule has 2 unspecified atom stereocenters. The van der Waals surface area contributed by atoms with E-state index in [1.54, 1.807) is 34.9 Å². The normalized spacial score (nSPS) is 20.2. The van der Waals surface area contributed by atoms with Crippen LogP contribution in [0.3, 0.4) is 0 Å². The highest BCUT2D eigenvalue weighted by Crippen LogP contribution is 2.32. The number of nitrogens with zero attached hydrogens (tertiary/aromatic N) is 4. The summed E-state index contributed by atoms with van der Waals surface area (Å²) in [4.78, 5) is 4.34. The van der Waals surface area contributed by atoms with Crippen LogP contribution < -0.4 is 5.32 Å². The number of nitrogens with one attached hydrogen (secondary N) is 1. The van der Waals surface area contributed by atoms with Gasteiger partial charge in [-0.25, -0.2) is 8.42 Å². The van der Waals surface area contributed by atoms with Gasteiger partial charge in [-0.1, -0.05) is 30.3 Å². The maximum Gasteiger partial charge on any atom is 0.243 e. The molecule has 0 radical (unpaired) electrons. The Morgan fingerprint density at radius 2 is 1.66 bits per heavy atom. The summed E-state index contributed by atoms with van der Waals surface area (Å²) in [7, 11) is -3.61. The lowest BCUT2D eigenvalue weighted by Gasteiger charge is -2.31. The maximum atomic E-state index is 13.4. The number of aromatic nitrogens is 3. The van der Waals surface area contributed by atoms with Gasteiger partial charge >= 0.3 is 0 Å². The molecule has 0 aliphatic carbocycles. The van der Waals surface area contributed by atoms with Gasteiger partial charge in [0.2, 0.25) is 10.0 Å². The molecule has 0 spiro atoms. The molecule has 6 rings (SSSR count). The van der Waals surface area contributed by atoms with Gasteiger partial charge in [0, 0.05) is 48.4 Å². The number of benzene rings is 2. The van der Waals surface area contributed by atoms with Gasteiger partial charge in [0.25, 0.3) is 0 Å². The Balaban J connectivity index is 1.29. The van der Waals surface area contributed by atoms with Crippen molar-refractivity contribution in [2.75, 3.05) is 18.4 Å². The van der Waals surface area contributed by atoms with Crippen LogP contribution in [-0.2, 0) is 21.2 Å². The number of rotatable bonds is 6. The second-order valence-corrected chi connectivity index (χ2v) is 10.9. The largest absolute Gasteiger partial charge is 0.372 e. The number of anilines is 2. The second kappa shape index (κ2) is 8.99. The van der Waals surface area contributed by atoms with Crippen LogP contribution in [0.4, 0.5) is 11.5 Å². The Labute approximate surface area is 204 Å². The van der Waals surface area contributed by atoms with Crippen molar-refractivity contribution in [2.24, 2.45) is 0 Å². The number of fused-ring (bicyclic) bond motifs is 3. The highest BCUT2D eigenvalue weighted by Gasteiger charge is 2.39. The van der Waals surface area contributed by atoms with Crippen LogP contribution in [-0.4, -0.2) is 53.2 Å². The van der Waals surface area contributed by atoms with Crippen LogP contribution >= 0.6 is 0 Å². The first-order valence-electron chi connectivity index (χ1n) is 11.7. The molecule has 2 aromatic heterocycles. The van der Waals surface area contributed by atoms with E-state index in [0.29, 0.717) is 31.0 Å². The minimum atomic E-state index is -3.61. The van der Waals surface area contributed by atoms with E-state index in [9.17, 15) is 8.42 Å². The minimum Gasteiger partial charge on any atom is -0.372 e. The third-order valence-electron chi connectivity index (χ3n) is 6.63. The van der Waals surface area contributed by atoms with E-state index >= 15 is 0 Å². The molecule has 9 heteroatoms. The van der Waals surface area contributed by atoms with Crippen molar-refractivity contribution in [1.29, 1.82) is 0 Å². The van der Waals surface area contributed by atoms with Crippen molar-refractivity contribution in [1.82, 2.24) is 19.5 Å². The highest BCUT2D eigenvalue weighted by molar-refractivity contribution is 7.89. The first kappa shape index (κ1) is 22.1. The number of morpholine rings is 1. The number of hydrogen-bond acceptors (Lipinski definition) is 7. The molecule has 8 nitrogen and oxygen atoms in total. The summed E-state index contributed by atoms with van der Waals surface area (Å²) in [6.07, 6.45) is 6.01. The Morgan fingerprint density at radius 3 is 2.43 bits per heavy atom. The van der Waals surface area contributed by atoms with Crippen LogP contribution in [0.25, 0.3) is 10.8 Å². The molecule has 4 aromatic rings. The molecule has 0 amide bonds. The first-order chi connectivity index (χ1) is 17.1. The third-order valence-corrected chi connectivity index (χ3v) is 8.46. The van der Waals surface area contributed by atoms with Crippen LogP contribution in [0.15, 0.2) is 78.0 Å². The predicted octanol–water partition coefficient (Wildman–Crippen LogP) is 3.91. The Bertz CT molecular complexity index is 1470. The fourth-order valence-electron chi connectivity index (χ4n) is 4.87. The molecule has 2 fully saturated rings. The van der Waals surface area contributed by atoms with E-state index in [2.05, 4.69) is 20.5 Å². The zero-order valence-electron chi connectivity index (χ0n) is 19.0. The number of sulfonamides is 1. The van der Waals surface area contributed by atoms with E-state index in [0.717, 1.165) is 34.9 Å². The molecule has 2 aromatic carbocycles. The van der Waals surface area contributed by atoms with E-state index in [1.165, 1.54) is 0 Å². The van der Waals surface area contributed by atoms with Crippen LogP contribution in [0.2, 0.25) is 0 Å². The fourth-order valence-corrected chi connectivity index (χ4v) is 6.42. The van der Waals surface area contributed by atoms with Crippen LogP contribution in [0, 0.1) is 0 Å². The molecule has 2 aliphatic rings. The lowest BCUT2D eigenvalue weighted by molar-refractivity contribution is -0.0114. The topological polar surface area (TPSA) is 97.3 Å². The lowest BCUT2D eigenvalue weighted by atomic mass is 10.0. The van der Waals surface area contributed by atoms with Gasteiger partial charge in [0.05, 0.1) is 22.8 Å². The summed E-state index contributed by atoms with van der Waals surface area (Å²) < 4.78 is 34.1. The van der Waals surface area contributed by atoms with E-state index < -0.39 is 10.0 Å². The van der Waals surface area contributed by atoms with Gasteiger partial charge in [-0.3, -0.25) is 4.98 Å². The van der Waals surface area contributed by atoms with Gasteiger partial charge in [-0.2, -0.15) is 9.40 Å². The summed E-state index contributed by atoms with van der Waals surface area (Å²) >= 11 is 0. The third kappa shape index (κ3) is 4.38. The van der Waals surface area contributed by atoms with E-state index in [4.69, 9.17) is 4.74 Å². The van der Waals surface area contributed by atoms with E-state index in [-0.39, 0.29) is 17.1 Å². The number of hydrogen-bond donors (Lipinski definition) is 1. The molecule has 0 saturated carbocycles. The molecule has 2 aliphatic heterocycles. The maximum absolute atomic E-state index is 13.4. The molecule has 1 N–H and O–H groups in total. The van der Waals surface area contributed by atoms with Crippen LogP contribution in [0.5, 0.6) is 0 Å². The van der Waals surface area contributed by atoms with E-state index in [1.807, 2.05) is 42.5 Å². The number of ether oxygens (including phenoxy) is 1. The van der Waals surface area contributed by atoms with Gasteiger partial charge in [-0.05, 0) is 48.7 Å². The molecular formula is C26H25N5O3S. The molecule has 35 heavy (non-hydrogen) atoms. The minimum absolute atomic E-state index is 0.00265. The SMILES string of the molecule is O=S(=O)(c1cccc(Nc2nnc(Cc3ccncc3)c3ccccc23)c1)N1CC2CCC(C1)O2. The van der Waals surface area contributed by atoms with Crippen molar-refractivity contribution in [3.8, 4) is 0 Å². The summed E-state index contributed by atoms with van der Waals surface area (Å²) in [5.74, 6) is 0.582. The molecule has 2 saturated heterocycles. The standard InChI is InChI=1S/C26H25N5O3S/c32-35(33,31-16-20-8-9-21(17-31)34-20)22-5-3-4-19(15-22)28-26-24-7-2-1-6-23(24)25(29-30-26)14-18-10-12-27-13-11-18/h1-7,10-13,15,20-21H,8-9,14,16-17H2,(H,28,30). The Hall–Kier alpha value is -3.40. The van der Waals surface area contributed by atoms with Crippen LogP contribution in [0.1, 0.15) is 24.1 Å². The van der Waals surface area contributed by atoms with Crippen molar-refractivity contribution in [3.63, 3.8) is 0 Å². The van der Waals surface area contributed by atoms with Gasteiger partial charge in [-0.15, -0.1) is 5.10 Å². The Kier molecular flexibility index (Phi) is 5.68. The predicted molar refractivity (Wildman–Crippen MR) is 133 cm³/mol. The van der Waals surface area contributed by atoms with Crippen molar-refractivity contribution in [3.05, 3.63) is 84.3 Å². The van der Waals surface area contributed by atoms with Crippen molar-refractivity contribution < 1.29 is 13.2 Å². The smallest absolute Gasteiger partial charge is 0.243 e. The summed E-state index contributed by atoms with van der Waals surface area (Å²) in [5, 5.41) is 14.2. The zero-order valence-corrected chi connectivity index (χ0v) is 19.9. The molecule has 2 atom stereocenters.